The number of aliphatic hydroxyl groups excluding tert-OH is 1. The second-order valence-electron chi connectivity index (χ2n) is 7.74. The van der Waals surface area contributed by atoms with Gasteiger partial charge in [0, 0.05) is 29.3 Å². The number of aromatic nitrogens is 2. The second-order valence-corrected chi connectivity index (χ2v) is 10.0. The lowest BCUT2D eigenvalue weighted by atomic mass is 10.1. The quantitative estimate of drug-likeness (QED) is 0.420. The molecule has 2 N–H and O–H groups in total. The molecule has 0 aliphatic rings. The number of ether oxygens (including phenoxy) is 1. The molecule has 34 heavy (non-hydrogen) atoms. The van der Waals surface area contributed by atoms with Gasteiger partial charge >= 0.3 is 6.61 Å². The first-order valence-electron chi connectivity index (χ1n) is 10.9. The highest BCUT2D eigenvalue weighted by molar-refractivity contribution is 7.91. The minimum absolute atomic E-state index is 0.0141. The fourth-order valence-electron chi connectivity index (χ4n) is 3.55. The maximum atomic E-state index is 12.6. The number of benzene rings is 2. The van der Waals surface area contributed by atoms with Crippen molar-refractivity contribution in [3.8, 4) is 11.4 Å². The number of sulfone groups is 1. The van der Waals surface area contributed by atoms with Gasteiger partial charge in [-0.25, -0.2) is 13.1 Å². The van der Waals surface area contributed by atoms with Crippen molar-refractivity contribution in [2.45, 2.75) is 39.4 Å². The summed E-state index contributed by atoms with van der Waals surface area (Å²) in [7, 11) is -3.22. The number of hydrogen-bond donors (Lipinski definition) is 2. The third-order valence-electron chi connectivity index (χ3n) is 5.17. The zero-order valence-corrected chi connectivity index (χ0v) is 19.7. The van der Waals surface area contributed by atoms with Crippen molar-refractivity contribution >= 4 is 26.6 Å². The van der Waals surface area contributed by atoms with Crippen LogP contribution in [0.1, 0.15) is 48.8 Å². The minimum atomic E-state index is -3.22. The van der Waals surface area contributed by atoms with Gasteiger partial charge in [-0.3, -0.25) is 4.79 Å². The number of carbonyl (C=O) groups excluding carboxylic acids is 1. The smallest absolute Gasteiger partial charge is 0.387 e. The molecule has 0 aliphatic heterocycles. The topological polar surface area (TPSA) is 111 Å². The lowest BCUT2D eigenvalue weighted by Gasteiger charge is -2.08. The first-order chi connectivity index (χ1) is 16.1. The van der Waals surface area contributed by atoms with E-state index in [0.29, 0.717) is 35.1 Å². The summed E-state index contributed by atoms with van der Waals surface area (Å²) in [6.45, 7) is 0.565. The van der Waals surface area contributed by atoms with Gasteiger partial charge in [-0.05, 0) is 43.2 Å². The summed E-state index contributed by atoms with van der Waals surface area (Å²) in [6.07, 6.45) is -0.0371. The van der Waals surface area contributed by atoms with E-state index in [0.717, 1.165) is 0 Å². The Labute approximate surface area is 196 Å². The number of aliphatic hydroxyl groups is 1. The number of carbonyl (C=O) groups is 1. The van der Waals surface area contributed by atoms with E-state index in [2.05, 4.69) is 15.2 Å². The molecule has 0 saturated carbocycles. The summed E-state index contributed by atoms with van der Waals surface area (Å²) in [6, 6.07) is 10.8. The van der Waals surface area contributed by atoms with Crippen LogP contribution < -0.4 is 10.1 Å². The van der Waals surface area contributed by atoms with Gasteiger partial charge in [0.25, 0.3) is 5.91 Å². The number of amides is 1. The van der Waals surface area contributed by atoms with Crippen molar-refractivity contribution < 1.29 is 31.8 Å². The first kappa shape index (κ1) is 25.6. The number of rotatable bonds is 11. The Balaban J connectivity index is 1.94. The van der Waals surface area contributed by atoms with Crippen molar-refractivity contribution in [2.24, 2.45) is 0 Å². The van der Waals surface area contributed by atoms with E-state index in [9.17, 15) is 27.1 Å². The lowest BCUT2D eigenvalue weighted by molar-refractivity contribution is -0.0498. The van der Waals surface area contributed by atoms with Crippen LogP contribution in [-0.4, -0.2) is 53.9 Å². The van der Waals surface area contributed by atoms with Crippen LogP contribution in [0, 0.1) is 0 Å². The fraction of sp³-hybridized carbons (Fsp3) is 0.391. The SMILES string of the molecule is CCCS(=O)(=O)CCNC(=O)c1ccc2c(c1)c(C(O)CC)nn2-c1cccc(OC(F)F)c1. The summed E-state index contributed by atoms with van der Waals surface area (Å²) in [4.78, 5) is 12.6. The van der Waals surface area contributed by atoms with Gasteiger partial charge in [0.15, 0.2) is 9.84 Å². The summed E-state index contributed by atoms with van der Waals surface area (Å²) < 4.78 is 54.9. The van der Waals surface area contributed by atoms with Crippen LogP contribution in [0.3, 0.4) is 0 Å². The number of fused-ring (bicyclic) bond motifs is 1. The molecule has 1 aromatic heterocycles. The van der Waals surface area contributed by atoms with Crippen molar-refractivity contribution in [2.75, 3.05) is 18.1 Å². The average molecular weight is 496 g/mol. The van der Waals surface area contributed by atoms with E-state index in [1.54, 1.807) is 44.2 Å². The Kier molecular flexibility index (Phi) is 8.21. The van der Waals surface area contributed by atoms with Crippen molar-refractivity contribution in [3.63, 3.8) is 0 Å². The molecular formula is C23H27F2N3O5S. The molecule has 3 rings (SSSR count). The monoisotopic (exact) mass is 495 g/mol. The molecule has 8 nitrogen and oxygen atoms in total. The Morgan fingerprint density at radius 1 is 1.18 bits per heavy atom. The molecule has 1 unspecified atom stereocenters. The zero-order chi connectivity index (χ0) is 24.9. The first-order valence-corrected chi connectivity index (χ1v) is 12.7. The second kappa shape index (κ2) is 10.9. The highest BCUT2D eigenvalue weighted by Gasteiger charge is 2.20. The van der Waals surface area contributed by atoms with Crippen LogP contribution in [0.2, 0.25) is 0 Å². The summed E-state index contributed by atoms with van der Waals surface area (Å²) in [5.74, 6) is -0.576. The highest BCUT2D eigenvalue weighted by atomic mass is 32.2. The summed E-state index contributed by atoms with van der Waals surface area (Å²) >= 11 is 0. The van der Waals surface area contributed by atoms with E-state index in [4.69, 9.17) is 0 Å². The van der Waals surface area contributed by atoms with Gasteiger partial charge in [0.1, 0.15) is 5.75 Å². The predicted octanol–water partition coefficient (Wildman–Crippen LogP) is 3.62. The van der Waals surface area contributed by atoms with Gasteiger partial charge in [0.05, 0.1) is 28.8 Å². The maximum Gasteiger partial charge on any atom is 0.387 e. The Hall–Kier alpha value is -3.05. The van der Waals surface area contributed by atoms with Gasteiger partial charge in [0.2, 0.25) is 0 Å². The molecule has 1 heterocycles. The maximum absolute atomic E-state index is 12.6. The fourth-order valence-corrected chi connectivity index (χ4v) is 4.78. The third-order valence-corrected chi connectivity index (χ3v) is 7.03. The Bertz CT molecular complexity index is 1260. The molecule has 0 bridgehead atoms. The number of halogens is 2. The molecule has 0 aliphatic carbocycles. The van der Waals surface area contributed by atoms with E-state index >= 15 is 0 Å². The summed E-state index contributed by atoms with van der Waals surface area (Å²) in [5, 5.41) is 18.1. The van der Waals surface area contributed by atoms with Crippen LogP contribution in [0.25, 0.3) is 16.6 Å². The molecule has 11 heteroatoms. The number of alkyl halides is 2. The lowest BCUT2D eigenvalue weighted by Crippen LogP contribution is -2.29. The molecule has 0 spiro atoms. The largest absolute Gasteiger partial charge is 0.435 e. The molecule has 0 saturated heterocycles. The average Bonchev–Trinajstić information content (AvgIpc) is 3.17. The molecule has 1 amide bonds. The molecule has 1 atom stereocenters. The molecule has 184 valence electrons. The van der Waals surface area contributed by atoms with Crippen LogP contribution in [-0.2, 0) is 9.84 Å². The summed E-state index contributed by atoms with van der Waals surface area (Å²) in [5.41, 5.74) is 1.60. The molecule has 0 fully saturated rings. The van der Waals surface area contributed by atoms with Gasteiger partial charge < -0.3 is 15.2 Å². The molecule has 0 radical (unpaired) electrons. The van der Waals surface area contributed by atoms with E-state index in [1.165, 1.54) is 16.8 Å². The highest BCUT2D eigenvalue weighted by Crippen LogP contribution is 2.30. The van der Waals surface area contributed by atoms with E-state index < -0.39 is 28.5 Å². The predicted molar refractivity (Wildman–Crippen MR) is 124 cm³/mol. The normalized spacial score (nSPS) is 12.8. The molecular weight excluding hydrogens is 468 g/mol. The third kappa shape index (κ3) is 6.09. The minimum Gasteiger partial charge on any atom is -0.435 e. The van der Waals surface area contributed by atoms with Crippen LogP contribution in [0.15, 0.2) is 42.5 Å². The van der Waals surface area contributed by atoms with Crippen LogP contribution in [0.5, 0.6) is 5.75 Å². The van der Waals surface area contributed by atoms with E-state index in [-0.39, 0.29) is 29.4 Å². The Morgan fingerprint density at radius 2 is 1.94 bits per heavy atom. The van der Waals surface area contributed by atoms with Gasteiger partial charge in [-0.1, -0.05) is 19.9 Å². The number of hydrogen-bond acceptors (Lipinski definition) is 6. The molecule has 3 aromatic rings. The van der Waals surface area contributed by atoms with E-state index in [1.807, 2.05) is 0 Å². The zero-order valence-electron chi connectivity index (χ0n) is 18.9. The number of nitrogens with zero attached hydrogens (tertiary/aromatic N) is 2. The van der Waals surface area contributed by atoms with Gasteiger partial charge in [-0.2, -0.15) is 13.9 Å². The Morgan fingerprint density at radius 3 is 2.62 bits per heavy atom. The van der Waals surface area contributed by atoms with Crippen LogP contribution >= 0.6 is 0 Å². The van der Waals surface area contributed by atoms with Crippen LogP contribution in [0.4, 0.5) is 8.78 Å². The van der Waals surface area contributed by atoms with Crippen molar-refractivity contribution in [1.29, 1.82) is 0 Å². The standard InChI is InChI=1S/C23H27F2N3O5S/c1-3-11-34(31,32)12-10-26-22(30)15-8-9-19-18(13-15)21(20(29)4-2)27-28(19)16-6-5-7-17(14-16)33-23(24)25/h5-9,13-14,20,23,29H,3-4,10-12H2,1-2H3,(H,26,30). The van der Waals surface area contributed by atoms with Gasteiger partial charge in [-0.15, -0.1) is 0 Å². The van der Waals surface area contributed by atoms with Crippen molar-refractivity contribution in [3.05, 3.63) is 53.7 Å². The molecule has 2 aromatic carbocycles. The number of nitrogens with one attached hydrogen (secondary N) is 1. The van der Waals surface area contributed by atoms with Crippen molar-refractivity contribution in [1.82, 2.24) is 15.1 Å².